The molecule has 2 N–H and O–H groups in total. The summed E-state index contributed by atoms with van der Waals surface area (Å²) in [7, 11) is 0. The minimum absolute atomic E-state index is 0.0883. The van der Waals surface area contributed by atoms with E-state index in [1.807, 2.05) is 0 Å². The van der Waals surface area contributed by atoms with Gasteiger partial charge in [0.15, 0.2) is 0 Å². The molecule has 0 radical (unpaired) electrons. The van der Waals surface area contributed by atoms with Gasteiger partial charge < -0.3 is 10.4 Å². The molecular weight excluding hydrogens is 305 g/mol. The van der Waals surface area contributed by atoms with Crippen LogP contribution < -0.4 is 5.32 Å². The monoisotopic (exact) mass is 324 g/mol. The van der Waals surface area contributed by atoms with Crippen molar-refractivity contribution in [3.63, 3.8) is 0 Å². The highest BCUT2D eigenvalue weighted by atomic mass is 19.4. The van der Waals surface area contributed by atoms with Crippen molar-refractivity contribution in [1.29, 1.82) is 0 Å². The zero-order chi connectivity index (χ0) is 16.3. The van der Waals surface area contributed by atoms with Crippen molar-refractivity contribution in [1.82, 2.24) is 10.2 Å². The molecule has 2 fully saturated rings. The molecule has 2 aliphatic rings. The topological polar surface area (TPSA) is 78.9 Å². The van der Waals surface area contributed by atoms with Gasteiger partial charge in [-0.05, 0) is 38.5 Å². The fourth-order valence-electron chi connectivity index (χ4n) is 3.10. The zero-order valence-electron chi connectivity index (χ0n) is 11.9. The zero-order valence-corrected chi connectivity index (χ0v) is 11.9. The molecule has 0 aromatic heterocycles. The molecule has 2 rings (SSSR count). The first-order chi connectivity index (χ1) is 10.3. The average Bonchev–Trinajstić information content (AvgIpc) is 2.83. The van der Waals surface area contributed by atoms with Crippen molar-refractivity contribution in [3.05, 3.63) is 0 Å². The molecule has 2 amide bonds. The molecule has 1 aliphatic heterocycles. The molecule has 3 atom stereocenters. The van der Waals surface area contributed by atoms with Gasteiger partial charge in [0.1, 0.15) is 6.04 Å². The Morgan fingerprint density at radius 2 is 1.91 bits per heavy atom. The molecule has 22 heavy (non-hydrogen) atoms. The number of carboxylic acid groups (broad SMARTS) is 1. The highest BCUT2D eigenvalue weighted by Gasteiger charge is 2.39. The first kappa shape index (κ1) is 16.9. The predicted octanol–water partition coefficient (Wildman–Crippen LogP) is 2.09. The summed E-state index contributed by atoms with van der Waals surface area (Å²) in [5.41, 5.74) is 0. The minimum atomic E-state index is -4.67. The molecule has 0 spiro atoms. The van der Waals surface area contributed by atoms with Gasteiger partial charge >= 0.3 is 12.5 Å². The number of alkyl halides is 3. The minimum Gasteiger partial charge on any atom is -0.465 e. The number of hydrogen-bond donors (Lipinski definition) is 2. The van der Waals surface area contributed by atoms with Crippen LogP contribution in [0.5, 0.6) is 0 Å². The standard InChI is InChI=1S/C13H19F3N2O4/c14-13(15,16)22-9-5-4-8(7-9)17-11(19)10-3-1-2-6-18(10)12(20)21/h8-10H,1-7H2,(H,17,19)(H,20,21). The van der Waals surface area contributed by atoms with Crippen LogP contribution in [0.3, 0.4) is 0 Å². The van der Waals surface area contributed by atoms with Gasteiger partial charge in [-0.1, -0.05) is 0 Å². The van der Waals surface area contributed by atoms with Crippen molar-refractivity contribution >= 4 is 12.0 Å². The van der Waals surface area contributed by atoms with Crippen LogP contribution >= 0.6 is 0 Å². The molecule has 1 saturated carbocycles. The molecular formula is C13H19F3N2O4. The molecule has 0 aromatic rings. The molecule has 0 aromatic carbocycles. The molecule has 1 saturated heterocycles. The van der Waals surface area contributed by atoms with E-state index in [1.165, 1.54) is 0 Å². The Bertz CT molecular complexity index is 430. The number of hydrogen-bond acceptors (Lipinski definition) is 3. The van der Waals surface area contributed by atoms with Gasteiger partial charge in [-0.3, -0.25) is 14.4 Å². The van der Waals surface area contributed by atoms with Crippen LogP contribution in [0.4, 0.5) is 18.0 Å². The van der Waals surface area contributed by atoms with E-state index in [1.54, 1.807) is 0 Å². The first-order valence-corrected chi connectivity index (χ1v) is 7.31. The maximum atomic E-state index is 12.2. The normalized spacial score (nSPS) is 29.4. The number of piperidine rings is 1. The van der Waals surface area contributed by atoms with Crippen LogP contribution in [0, 0.1) is 0 Å². The summed E-state index contributed by atoms with van der Waals surface area (Å²) in [4.78, 5) is 24.4. The molecule has 9 heteroatoms. The van der Waals surface area contributed by atoms with Crippen LogP contribution in [0.15, 0.2) is 0 Å². The molecule has 3 unspecified atom stereocenters. The lowest BCUT2D eigenvalue weighted by atomic mass is 10.0. The number of nitrogens with one attached hydrogen (secondary N) is 1. The second-order valence-electron chi connectivity index (χ2n) is 5.69. The Labute approximate surface area is 125 Å². The van der Waals surface area contributed by atoms with E-state index in [0.29, 0.717) is 25.8 Å². The summed E-state index contributed by atoms with van der Waals surface area (Å²) in [6.45, 7) is 0.303. The smallest absolute Gasteiger partial charge is 0.465 e. The lowest BCUT2D eigenvalue weighted by Gasteiger charge is -2.33. The van der Waals surface area contributed by atoms with Crippen LogP contribution in [-0.2, 0) is 9.53 Å². The summed E-state index contributed by atoms with van der Waals surface area (Å²) in [5.74, 6) is -0.431. The van der Waals surface area contributed by atoms with Crippen LogP contribution in [0.1, 0.15) is 38.5 Å². The second-order valence-corrected chi connectivity index (χ2v) is 5.69. The summed E-state index contributed by atoms with van der Waals surface area (Å²) < 4.78 is 40.4. The highest BCUT2D eigenvalue weighted by Crippen LogP contribution is 2.29. The van der Waals surface area contributed by atoms with E-state index in [0.717, 1.165) is 11.3 Å². The van der Waals surface area contributed by atoms with Crippen molar-refractivity contribution in [2.75, 3.05) is 6.54 Å². The molecule has 6 nitrogen and oxygen atoms in total. The van der Waals surface area contributed by atoms with Gasteiger partial charge in [0.05, 0.1) is 6.10 Å². The lowest BCUT2D eigenvalue weighted by molar-refractivity contribution is -0.341. The Balaban J connectivity index is 1.85. The number of likely N-dealkylation sites (tertiary alicyclic amines) is 1. The number of halogens is 3. The summed E-state index contributed by atoms with van der Waals surface area (Å²) in [6, 6.07) is -1.16. The number of carbonyl (C=O) groups excluding carboxylic acids is 1. The van der Waals surface area contributed by atoms with E-state index in [4.69, 9.17) is 5.11 Å². The number of ether oxygens (including phenoxy) is 1. The van der Waals surface area contributed by atoms with Crippen molar-refractivity contribution in [2.45, 2.75) is 63.1 Å². The maximum Gasteiger partial charge on any atom is 0.522 e. The van der Waals surface area contributed by atoms with E-state index in [2.05, 4.69) is 10.1 Å². The summed E-state index contributed by atoms with van der Waals surface area (Å²) in [5, 5.41) is 11.7. The maximum absolute atomic E-state index is 12.2. The average molecular weight is 324 g/mol. The number of rotatable bonds is 3. The number of nitrogens with zero attached hydrogens (tertiary/aromatic N) is 1. The van der Waals surface area contributed by atoms with Crippen molar-refractivity contribution in [2.24, 2.45) is 0 Å². The molecule has 0 bridgehead atoms. The SMILES string of the molecule is O=C(NC1CCC(OC(F)(F)F)C1)C1CCCCN1C(=O)O. The Morgan fingerprint density at radius 1 is 1.18 bits per heavy atom. The highest BCUT2D eigenvalue weighted by molar-refractivity contribution is 5.85. The fourth-order valence-corrected chi connectivity index (χ4v) is 3.10. The van der Waals surface area contributed by atoms with Crippen LogP contribution in [0.2, 0.25) is 0 Å². The Kier molecular flexibility index (Phi) is 5.15. The quantitative estimate of drug-likeness (QED) is 0.833. The first-order valence-electron chi connectivity index (χ1n) is 7.31. The fraction of sp³-hybridized carbons (Fsp3) is 0.846. The van der Waals surface area contributed by atoms with Crippen LogP contribution in [0.25, 0.3) is 0 Å². The number of amides is 2. The van der Waals surface area contributed by atoms with Crippen molar-refractivity contribution < 1.29 is 32.6 Å². The van der Waals surface area contributed by atoms with Gasteiger partial charge in [0, 0.05) is 12.6 Å². The third kappa shape index (κ3) is 4.49. The van der Waals surface area contributed by atoms with E-state index in [-0.39, 0.29) is 12.8 Å². The van der Waals surface area contributed by atoms with Gasteiger partial charge in [0.2, 0.25) is 5.91 Å². The molecule has 126 valence electrons. The lowest BCUT2D eigenvalue weighted by Crippen LogP contribution is -2.53. The van der Waals surface area contributed by atoms with E-state index in [9.17, 15) is 22.8 Å². The van der Waals surface area contributed by atoms with Gasteiger partial charge in [-0.25, -0.2) is 4.79 Å². The van der Waals surface area contributed by atoms with Gasteiger partial charge in [-0.2, -0.15) is 0 Å². The summed E-state index contributed by atoms with van der Waals surface area (Å²) >= 11 is 0. The second kappa shape index (κ2) is 6.72. The van der Waals surface area contributed by atoms with E-state index < -0.39 is 36.6 Å². The Morgan fingerprint density at radius 3 is 2.55 bits per heavy atom. The summed E-state index contributed by atoms with van der Waals surface area (Å²) in [6.07, 6.45) is -4.17. The Hall–Kier alpha value is -1.51. The predicted molar refractivity (Wildman–Crippen MR) is 69.1 cm³/mol. The van der Waals surface area contributed by atoms with Gasteiger partial charge in [0.25, 0.3) is 0 Å². The third-order valence-corrected chi connectivity index (χ3v) is 4.08. The number of carbonyl (C=O) groups is 2. The third-order valence-electron chi connectivity index (χ3n) is 4.08. The largest absolute Gasteiger partial charge is 0.522 e. The van der Waals surface area contributed by atoms with Crippen LogP contribution in [-0.4, -0.2) is 53.1 Å². The van der Waals surface area contributed by atoms with E-state index >= 15 is 0 Å². The van der Waals surface area contributed by atoms with Crippen molar-refractivity contribution in [3.8, 4) is 0 Å². The molecule has 1 heterocycles. The van der Waals surface area contributed by atoms with Gasteiger partial charge in [-0.15, -0.1) is 13.2 Å². The molecule has 1 aliphatic carbocycles.